The van der Waals surface area contributed by atoms with Gasteiger partial charge < -0.3 is 19.9 Å². The number of hydrogen-bond donors (Lipinski definition) is 1. The lowest BCUT2D eigenvalue weighted by atomic mass is 10.2. The normalized spacial score (nSPS) is 14.0. The molecule has 1 aromatic heterocycles. The van der Waals surface area contributed by atoms with Crippen LogP contribution in [0.3, 0.4) is 0 Å². The second-order valence-corrected chi connectivity index (χ2v) is 7.38. The Morgan fingerprint density at radius 1 is 1.13 bits per heavy atom. The van der Waals surface area contributed by atoms with E-state index in [2.05, 4.69) is 32.2 Å². The highest BCUT2D eigenvalue weighted by Crippen LogP contribution is 2.28. The number of benzene rings is 1. The SMILES string of the molecule is COc1ccccc1N1CCN(CCCNc2ncccc2C(=O)N(C)C)CC1.Cl. The predicted octanol–water partition coefficient (Wildman–Crippen LogP) is 2.84. The molecule has 1 aromatic carbocycles. The smallest absolute Gasteiger partial charge is 0.257 e. The summed E-state index contributed by atoms with van der Waals surface area (Å²) < 4.78 is 5.49. The minimum atomic E-state index is -0.0342. The largest absolute Gasteiger partial charge is 0.495 e. The van der Waals surface area contributed by atoms with E-state index in [1.807, 2.05) is 18.2 Å². The van der Waals surface area contributed by atoms with E-state index in [1.54, 1.807) is 38.4 Å². The highest BCUT2D eigenvalue weighted by Gasteiger charge is 2.19. The molecule has 164 valence electrons. The number of anilines is 2. The monoisotopic (exact) mass is 433 g/mol. The van der Waals surface area contributed by atoms with Gasteiger partial charge in [-0.15, -0.1) is 12.4 Å². The summed E-state index contributed by atoms with van der Waals surface area (Å²) in [6.45, 7) is 5.87. The third kappa shape index (κ3) is 6.00. The van der Waals surface area contributed by atoms with Crippen LogP contribution in [0.15, 0.2) is 42.6 Å². The van der Waals surface area contributed by atoms with Crippen LogP contribution in [0, 0.1) is 0 Å². The Balaban J connectivity index is 0.00000320. The molecule has 3 rings (SSSR count). The van der Waals surface area contributed by atoms with Crippen LogP contribution >= 0.6 is 12.4 Å². The predicted molar refractivity (Wildman–Crippen MR) is 124 cm³/mol. The Hall–Kier alpha value is -2.51. The number of aromatic nitrogens is 1. The number of ether oxygens (including phenoxy) is 1. The summed E-state index contributed by atoms with van der Waals surface area (Å²) in [5, 5.41) is 3.33. The molecular weight excluding hydrogens is 402 g/mol. The fourth-order valence-corrected chi connectivity index (χ4v) is 3.57. The molecule has 0 saturated carbocycles. The lowest BCUT2D eigenvalue weighted by molar-refractivity contribution is 0.0828. The number of carbonyl (C=O) groups is 1. The lowest BCUT2D eigenvalue weighted by Gasteiger charge is -2.36. The van der Waals surface area contributed by atoms with E-state index >= 15 is 0 Å². The third-order valence-electron chi connectivity index (χ3n) is 5.19. The van der Waals surface area contributed by atoms with Gasteiger partial charge in [-0.05, 0) is 37.2 Å². The van der Waals surface area contributed by atoms with Crippen molar-refractivity contribution in [3.8, 4) is 5.75 Å². The maximum absolute atomic E-state index is 12.3. The molecule has 1 aliphatic heterocycles. The van der Waals surface area contributed by atoms with E-state index in [-0.39, 0.29) is 18.3 Å². The number of amides is 1. The Bertz CT molecular complexity index is 810. The van der Waals surface area contributed by atoms with Crippen LogP contribution in [0.25, 0.3) is 0 Å². The minimum Gasteiger partial charge on any atom is -0.495 e. The van der Waals surface area contributed by atoms with Crippen molar-refractivity contribution in [1.29, 1.82) is 0 Å². The van der Waals surface area contributed by atoms with Gasteiger partial charge in [-0.1, -0.05) is 12.1 Å². The fraction of sp³-hybridized carbons (Fsp3) is 0.455. The van der Waals surface area contributed by atoms with E-state index in [1.165, 1.54) is 5.69 Å². The van der Waals surface area contributed by atoms with Crippen molar-refractivity contribution in [1.82, 2.24) is 14.8 Å². The number of nitrogens with one attached hydrogen (secondary N) is 1. The van der Waals surface area contributed by atoms with Crippen molar-refractivity contribution >= 4 is 29.8 Å². The van der Waals surface area contributed by atoms with Gasteiger partial charge in [-0.3, -0.25) is 9.69 Å². The summed E-state index contributed by atoms with van der Waals surface area (Å²) in [6, 6.07) is 11.8. The molecule has 0 atom stereocenters. The highest BCUT2D eigenvalue weighted by atomic mass is 35.5. The number of para-hydroxylation sites is 2. The molecule has 1 amide bonds. The molecule has 1 saturated heterocycles. The molecular formula is C22H32ClN5O2. The molecule has 2 aromatic rings. The molecule has 30 heavy (non-hydrogen) atoms. The summed E-state index contributed by atoms with van der Waals surface area (Å²) >= 11 is 0. The van der Waals surface area contributed by atoms with Gasteiger partial charge in [-0.2, -0.15) is 0 Å². The van der Waals surface area contributed by atoms with Crippen molar-refractivity contribution in [2.75, 3.05) is 70.7 Å². The molecule has 2 heterocycles. The Kier molecular flexibility index (Phi) is 9.20. The molecule has 0 radical (unpaired) electrons. The lowest BCUT2D eigenvalue weighted by Crippen LogP contribution is -2.47. The second-order valence-electron chi connectivity index (χ2n) is 7.38. The summed E-state index contributed by atoms with van der Waals surface area (Å²) in [6.07, 6.45) is 2.71. The first-order valence-electron chi connectivity index (χ1n) is 10.1. The van der Waals surface area contributed by atoms with Crippen molar-refractivity contribution in [2.24, 2.45) is 0 Å². The number of methoxy groups -OCH3 is 1. The molecule has 1 N–H and O–H groups in total. The molecule has 1 fully saturated rings. The van der Waals surface area contributed by atoms with Crippen molar-refractivity contribution in [3.63, 3.8) is 0 Å². The Morgan fingerprint density at radius 3 is 2.57 bits per heavy atom. The number of pyridine rings is 1. The summed E-state index contributed by atoms with van der Waals surface area (Å²) in [4.78, 5) is 23.0. The van der Waals surface area contributed by atoms with E-state index in [0.717, 1.165) is 51.4 Å². The van der Waals surface area contributed by atoms with E-state index in [9.17, 15) is 4.79 Å². The van der Waals surface area contributed by atoms with Gasteiger partial charge in [0.15, 0.2) is 0 Å². The number of rotatable bonds is 8. The van der Waals surface area contributed by atoms with Crippen LogP contribution < -0.4 is 15.0 Å². The van der Waals surface area contributed by atoms with Crippen LogP contribution in [0.4, 0.5) is 11.5 Å². The Morgan fingerprint density at radius 2 is 1.87 bits per heavy atom. The summed E-state index contributed by atoms with van der Waals surface area (Å²) in [5.41, 5.74) is 1.78. The van der Waals surface area contributed by atoms with Crippen LogP contribution in [0.5, 0.6) is 5.75 Å². The zero-order valence-corrected chi connectivity index (χ0v) is 18.8. The minimum absolute atomic E-state index is 0. The third-order valence-corrected chi connectivity index (χ3v) is 5.19. The molecule has 0 unspecified atom stereocenters. The van der Waals surface area contributed by atoms with E-state index < -0.39 is 0 Å². The van der Waals surface area contributed by atoms with Gasteiger partial charge in [-0.25, -0.2) is 4.98 Å². The zero-order valence-electron chi connectivity index (χ0n) is 18.0. The van der Waals surface area contributed by atoms with Gasteiger partial charge >= 0.3 is 0 Å². The molecule has 0 spiro atoms. The van der Waals surface area contributed by atoms with Crippen LogP contribution in [0.2, 0.25) is 0 Å². The van der Waals surface area contributed by atoms with Crippen molar-refractivity contribution in [3.05, 3.63) is 48.2 Å². The number of piperazine rings is 1. The molecule has 8 heteroatoms. The molecule has 0 aliphatic carbocycles. The number of halogens is 1. The van der Waals surface area contributed by atoms with E-state index in [4.69, 9.17) is 4.74 Å². The maximum atomic E-state index is 12.3. The van der Waals surface area contributed by atoms with Crippen molar-refractivity contribution < 1.29 is 9.53 Å². The fourth-order valence-electron chi connectivity index (χ4n) is 3.57. The maximum Gasteiger partial charge on any atom is 0.257 e. The summed E-state index contributed by atoms with van der Waals surface area (Å²) in [5.74, 6) is 1.56. The first kappa shape index (κ1) is 23.8. The average molecular weight is 434 g/mol. The first-order chi connectivity index (χ1) is 14.1. The molecule has 0 bridgehead atoms. The first-order valence-corrected chi connectivity index (χ1v) is 10.1. The van der Waals surface area contributed by atoms with Gasteiger partial charge in [0.05, 0.1) is 18.4 Å². The standard InChI is InChI=1S/C22H31N5O2.ClH/c1-25(2)22(28)18-8-6-11-23-21(18)24-12-7-13-26-14-16-27(17-15-26)19-9-4-5-10-20(19)29-3;/h4-6,8-11H,7,12-17H2,1-3H3,(H,23,24);1H. The average Bonchev–Trinajstić information content (AvgIpc) is 2.77. The van der Waals surface area contributed by atoms with E-state index in [0.29, 0.717) is 11.4 Å². The summed E-state index contributed by atoms with van der Waals surface area (Å²) in [7, 11) is 5.23. The van der Waals surface area contributed by atoms with Gasteiger partial charge in [0, 0.05) is 53.0 Å². The number of nitrogens with zero attached hydrogens (tertiary/aromatic N) is 4. The van der Waals surface area contributed by atoms with Crippen LogP contribution in [0.1, 0.15) is 16.8 Å². The zero-order chi connectivity index (χ0) is 20.6. The van der Waals surface area contributed by atoms with Gasteiger partial charge in [0.2, 0.25) is 0 Å². The van der Waals surface area contributed by atoms with Crippen LogP contribution in [-0.4, -0.2) is 81.2 Å². The second kappa shape index (κ2) is 11.6. The number of hydrogen-bond acceptors (Lipinski definition) is 6. The topological polar surface area (TPSA) is 60.9 Å². The quantitative estimate of drug-likeness (QED) is 0.646. The molecule has 7 nitrogen and oxygen atoms in total. The highest BCUT2D eigenvalue weighted by molar-refractivity contribution is 5.98. The number of carbonyl (C=O) groups excluding carboxylic acids is 1. The van der Waals surface area contributed by atoms with Gasteiger partial charge in [0.25, 0.3) is 5.91 Å². The Labute approximate surface area is 185 Å². The van der Waals surface area contributed by atoms with Gasteiger partial charge in [0.1, 0.15) is 11.6 Å². The van der Waals surface area contributed by atoms with Crippen molar-refractivity contribution in [2.45, 2.75) is 6.42 Å². The molecule has 1 aliphatic rings. The van der Waals surface area contributed by atoms with Crippen LogP contribution in [-0.2, 0) is 0 Å².